The van der Waals surface area contributed by atoms with Crippen LogP contribution in [0.25, 0.3) is 0 Å². The molecule has 11 heavy (non-hydrogen) atoms. The summed E-state index contributed by atoms with van der Waals surface area (Å²) in [4.78, 5) is 0. The second-order valence-electron chi connectivity index (χ2n) is 2.89. The molecule has 62 valence electrons. The molecular weight excluding hydrogens is 144 g/mol. The van der Waals surface area contributed by atoms with Gasteiger partial charge < -0.3 is 15.3 Å². The number of hydrogen-bond donors (Lipinski definition) is 3. The van der Waals surface area contributed by atoms with Crippen LogP contribution < -0.4 is 0 Å². The first-order chi connectivity index (χ1) is 4.96. The Kier molecular flexibility index (Phi) is 1.88. The molecule has 0 spiro atoms. The highest BCUT2D eigenvalue weighted by Crippen LogP contribution is 2.26. The van der Waals surface area contributed by atoms with E-state index >= 15 is 0 Å². The minimum Gasteiger partial charge on any atom is -0.383 e. The first-order valence-corrected chi connectivity index (χ1v) is 3.44. The molecule has 0 aromatic heterocycles. The SMILES string of the molecule is CC1=CC=C(C)C(O)(O)[C@H]1O. The van der Waals surface area contributed by atoms with Crippen LogP contribution >= 0.6 is 0 Å². The summed E-state index contributed by atoms with van der Waals surface area (Å²) in [6.45, 7) is 3.21. The molecule has 0 heterocycles. The molecule has 0 bridgehead atoms. The number of hydrogen-bond acceptors (Lipinski definition) is 3. The maximum absolute atomic E-state index is 9.28. The summed E-state index contributed by atoms with van der Waals surface area (Å²) in [5.41, 5.74) is 0.913. The van der Waals surface area contributed by atoms with Crippen molar-refractivity contribution in [3.05, 3.63) is 23.3 Å². The van der Waals surface area contributed by atoms with Gasteiger partial charge in [-0.15, -0.1) is 0 Å². The molecule has 0 radical (unpaired) electrons. The van der Waals surface area contributed by atoms with Crippen LogP contribution in [0.3, 0.4) is 0 Å². The third-order valence-corrected chi connectivity index (χ3v) is 1.99. The zero-order valence-corrected chi connectivity index (χ0v) is 6.57. The fraction of sp³-hybridized carbons (Fsp3) is 0.500. The summed E-state index contributed by atoms with van der Waals surface area (Å²) in [5, 5.41) is 27.8. The summed E-state index contributed by atoms with van der Waals surface area (Å²) >= 11 is 0. The van der Waals surface area contributed by atoms with Gasteiger partial charge in [-0.3, -0.25) is 0 Å². The van der Waals surface area contributed by atoms with Crippen LogP contribution in [0.2, 0.25) is 0 Å². The van der Waals surface area contributed by atoms with Crippen molar-refractivity contribution >= 4 is 0 Å². The molecule has 0 saturated carbocycles. The van der Waals surface area contributed by atoms with Gasteiger partial charge in [0.25, 0.3) is 0 Å². The topological polar surface area (TPSA) is 60.7 Å². The minimum atomic E-state index is -2.08. The maximum Gasteiger partial charge on any atom is 0.216 e. The minimum absolute atomic E-state index is 0.357. The van der Waals surface area contributed by atoms with Gasteiger partial charge in [0.15, 0.2) is 0 Å². The Morgan fingerprint density at radius 1 is 1.27 bits per heavy atom. The molecule has 0 aromatic rings. The quantitative estimate of drug-likeness (QED) is 0.430. The monoisotopic (exact) mass is 156 g/mol. The van der Waals surface area contributed by atoms with Crippen LogP contribution in [0, 0.1) is 0 Å². The lowest BCUT2D eigenvalue weighted by Crippen LogP contribution is -2.45. The van der Waals surface area contributed by atoms with Crippen LogP contribution in [0.4, 0.5) is 0 Å². The van der Waals surface area contributed by atoms with E-state index in [0.717, 1.165) is 0 Å². The van der Waals surface area contributed by atoms with E-state index < -0.39 is 11.9 Å². The molecule has 1 aliphatic rings. The lowest BCUT2D eigenvalue weighted by molar-refractivity contribution is -0.186. The Balaban J connectivity index is 3.03. The molecule has 1 rings (SSSR count). The normalized spacial score (nSPS) is 29.4. The molecule has 0 aromatic carbocycles. The fourth-order valence-corrected chi connectivity index (χ4v) is 1.00. The van der Waals surface area contributed by atoms with Gasteiger partial charge in [-0.2, -0.15) is 0 Å². The molecule has 3 nitrogen and oxygen atoms in total. The average Bonchev–Trinajstić information content (AvgIpc) is 1.95. The highest BCUT2D eigenvalue weighted by Gasteiger charge is 2.37. The summed E-state index contributed by atoms with van der Waals surface area (Å²) in [6, 6.07) is 0. The molecule has 0 unspecified atom stereocenters. The van der Waals surface area contributed by atoms with Gasteiger partial charge in [0, 0.05) is 0 Å². The number of rotatable bonds is 0. The third-order valence-electron chi connectivity index (χ3n) is 1.99. The van der Waals surface area contributed by atoms with E-state index in [1.807, 2.05) is 0 Å². The Labute approximate surface area is 65.3 Å². The molecule has 1 atom stereocenters. The highest BCUT2D eigenvalue weighted by atomic mass is 16.5. The van der Waals surface area contributed by atoms with Crippen molar-refractivity contribution in [1.29, 1.82) is 0 Å². The van der Waals surface area contributed by atoms with Gasteiger partial charge in [0.05, 0.1) is 0 Å². The molecule has 3 N–H and O–H groups in total. The molecule has 0 aliphatic heterocycles. The van der Waals surface area contributed by atoms with Gasteiger partial charge in [-0.05, 0) is 25.0 Å². The van der Waals surface area contributed by atoms with Crippen molar-refractivity contribution in [2.75, 3.05) is 0 Å². The van der Waals surface area contributed by atoms with Crippen molar-refractivity contribution in [3.63, 3.8) is 0 Å². The maximum atomic E-state index is 9.28. The number of aliphatic hydroxyl groups excluding tert-OH is 1. The van der Waals surface area contributed by atoms with Crippen molar-refractivity contribution in [2.45, 2.75) is 25.7 Å². The van der Waals surface area contributed by atoms with Crippen LogP contribution in [0.5, 0.6) is 0 Å². The number of allylic oxidation sites excluding steroid dienone is 2. The summed E-state index contributed by atoms with van der Waals surface area (Å²) < 4.78 is 0. The zero-order valence-electron chi connectivity index (χ0n) is 6.57. The molecule has 3 heteroatoms. The second kappa shape index (κ2) is 2.44. The predicted molar refractivity (Wildman–Crippen MR) is 40.7 cm³/mol. The lowest BCUT2D eigenvalue weighted by Gasteiger charge is -2.31. The van der Waals surface area contributed by atoms with Crippen molar-refractivity contribution in [1.82, 2.24) is 0 Å². The van der Waals surface area contributed by atoms with E-state index in [1.54, 1.807) is 26.0 Å². The fourth-order valence-electron chi connectivity index (χ4n) is 1.00. The third kappa shape index (κ3) is 1.22. The van der Waals surface area contributed by atoms with Crippen molar-refractivity contribution < 1.29 is 15.3 Å². The van der Waals surface area contributed by atoms with Crippen molar-refractivity contribution in [3.8, 4) is 0 Å². The second-order valence-corrected chi connectivity index (χ2v) is 2.89. The number of aliphatic hydroxyl groups is 3. The molecule has 1 aliphatic carbocycles. The molecule has 0 saturated heterocycles. The molecular formula is C8H12O3. The molecule has 0 amide bonds. The highest BCUT2D eigenvalue weighted by molar-refractivity contribution is 5.31. The largest absolute Gasteiger partial charge is 0.383 e. The van der Waals surface area contributed by atoms with Gasteiger partial charge >= 0.3 is 0 Å². The Bertz CT molecular complexity index is 225. The standard InChI is InChI=1S/C8H12O3/c1-5-3-4-6(2)8(10,11)7(5)9/h3-4,7,9-11H,1-2H3/t7-/m0/s1. The van der Waals surface area contributed by atoms with E-state index in [1.165, 1.54) is 0 Å². The Morgan fingerprint density at radius 2 is 1.82 bits per heavy atom. The van der Waals surface area contributed by atoms with Gasteiger partial charge in [-0.25, -0.2) is 0 Å². The van der Waals surface area contributed by atoms with Crippen LogP contribution in [0.15, 0.2) is 23.3 Å². The van der Waals surface area contributed by atoms with Gasteiger partial charge in [0.1, 0.15) is 6.10 Å². The molecule has 0 fully saturated rings. The Morgan fingerprint density at radius 3 is 2.27 bits per heavy atom. The first-order valence-electron chi connectivity index (χ1n) is 3.44. The van der Waals surface area contributed by atoms with Crippen LogP contribution in [0.1, 0.15) is 13.8 Å². The predicted octanol–water partition coefficient (Wildman–Crippen LogP) is -0.0656. The van der Waals surface area contributed by atoms with E-state index in [4.69, 9.17) is 0 Å². The van der Waals surface area contributed by atoms with E-state index in [9.17, 15) is 15.3 Å². The summed E-state index contributed by atoms with van der Waals surface area (Å²) in [5.74, 6) is -2.08. The van der Waals surface area contributed by atoms with Crippen LogP contribution in [-0.4, -0.2) is 27.2 Å². The van der Waals surface area contributed by atoms with Crippen molar-refractivity contribution in [2.24, 2.45) is 0 Å². The zero-order chi connectivity index (χ0) is 8.65. The van der Waals surface area contributed by atoms with Gasteiger partial charge in [0.2, 0.25) is 5.79 Å². The lowest BCUT2D eigenvalue weighted by atomic mass is 9.91. The first kappa shape index (κ1) is 8.46. The van der Waals surface area contributed by atoms with E-state index in [-0.39, 0.29) is 0 Å². The smallest absolute Gasteiger partial charge is 0.216 e. The Hall–Kier alpha value is -0.640. The van der Waals surface area contributed by atoms with Crippen LogP contribution in [-0.2, 0) is 0 Å². The van der Waals surface area contributed by atoms with E-state index in [2.05, 4.69) is 0 Å². The van der Waals surface area contributed by atoms with E-state index in [0.29, 0.717) is 11.1 Å². The summed E-state index contributed by atoms with van der Waals surface area (Å²) in [7, 11) is 0. The summed E-state index contributed by atoms with van der Waals surface area (Å²) in [6.07, 6.45) is 2.06. The van der Waals surface area contributed by atoms with Gasteiger partial charge in [-0.1, -0.05) is 12.2 Å². The average molecular weight is 156 g/mol.